The summed E-state index contributed by atoms with van der Waals surface area (Å²) < 4.78 is 0. The third kappa shape index (κ3) is 9.26. The van der Waals surface area contributed by atoms with E-state index in [2.05, 4.69) is 25.3 Å². The standard InChI is InChI=1S/C11H18/c1-3-5-7-9-11-10-8-6-4-2/h5,7,9H,1,4,6,8,10-11H2,2H3. The van der Waals surface area contributed by atoms with Gasteiger partial charge in [0, 0.05) is 0 Å². The molecule has 0 rings (SSSR count). The zero-order chi connectivity index (χ0) is 8.36. The maximum Gasteiger partial charge on any atom is -0.0209 e. The summed E-state index contributed by atoms with van der Waals surface area (Å²) in [6, 6.07) is 0. The molecule has 0 aliphatic heterocycles. The van der Waals surface area contributed by atoms with E-state index in [4.69, 9.17) is 0 Å². The van der Waals surface area contributed by atoms with Gasteiger partial charge in [-0.15, -0.1) is 5.73 Å². The number of hydrogen-bond acceptors (Lipinski definition) is 0. The van der Waals surface area contributed by atoms with Gasteiger partial charge in [-0.2, -0.15) is 0 Å². The molecular weight excluding hydrogens is 132 g/mol. The maximum atomic E-state index is 3.48. The fourth-order valence-electron chi connectivity index (χ4n) is 0.921. The summed E-state index contributed by atoms with van der Waals surface area (Å²) in [7, 11) is 0. The van der Waals surface area contributed by atoms with Gasteiger partial charge in [-0.3, -0.25) is 0 Å². The van der Waals surface area contributed by atoms with Crippen LogP contribution >= 0.6 is 0 Å². The summed E-state index contributed by atoms with van der Waals surface area (Å²) in [6.45, 7) is 5.71. The minimum Gasteiger partial charge on any atom is -0.129 e. The minimum absolute atomic E-state index is 1.19. The first-order valence-corrected chi connectivity index (χ1v) is 4.42. The molecule has 0 bridgehead atoms. The van der Waals surface area contributed by atoms with E-state index in [1.54, 1.807) is 0 Å². The van der Waals surface area contributed by atoms with Crippen molar-refractivity contribution in [1.29, 1.82) is 0 Å². The molecule has 0 nitrogen and oxygen atoms in total. The number of hydrogen-bond donors (Lipinski definition) is 0. The van der Waals surface area contributed by atoms with Crippen LogP contribution in [0.25, 0.3) is 0 Å². The minimum atomic E-state index is 1.19. The average molecular weight is 150 g/mol. The van der Waals surface area contributed by atoms with E-state index in [-0.39, 0.29) is 0 Å². The molecule has 0 fully saturated rings. The molecule has 0 aromatic heterocycles. The lowest BCUT2D eigenvalue weighted by Gasteiger charge is -1.92. The van der Waals surface area contributed by atoms with Gasteiger partial charge < -0.3 is 0 Å². The van der Waals surface area contributed by atoms with Crippen molar-refractivity contribution in [1.82, 2.24) is 0 Å². The van der Waals surface area contributed by atoms with Crippen molar-refractivity contribution in [3.05, 3.63) is 30.5 Å². The molecule has 0 amide bonds. The molecule has 0 aliphatic rings. The van der Waals surface area contributed by atoms with Crippen LogP contribution in [0, 0.1) is 0 Å². The second-order valence-electron chi connectivity index (χ2n) is 2.65. The van der Waals surface area contributed by atoms with E-state index < -0.39 is 0 Å². The van der Waals surface area contributed by atoms with Gasteiger partial charge >= 0.3 is 0 Å². The van der Waals surface area contributed by atoms with Gasteiger partial charge in [0.15, 0.2) is 0 Å². The Kier molecular flexibility index (Phi) is 8.64. The van der Waals surface area contributed by atoms with Crippen molar-refractivity contribution in [3.8, 4) is 0 Å². The van der Waals surface area contributed by atoms with Crippen molar-refractivity contribution in [3.63, 3.8) is 0 Å². The van der Waals surface area contributed by atoms with Gasteiger partial charge in [0.1, 0.15) is 0 Å². The molecular formula is C11H18. The second-order valence-corrected chi connectivity index (χ2v) is 2.65. The normalized spacial score (nSPS) is 9.91. The molecule has 0 atom stereocenters. The maximum absolute atomic E-state index is 3.48. The summed E-state index contributed by atoms with van der Waals surface area (Å²) >= 11 is 0. The Morgan fingerprint density at radius 3 is 2.73 bits per heavy atom. The number of allylic oxidation sites excluding steroid dienone is 3. The van der Waals surface area contributed by atoms with Crippen LogP contribution in [0.15, 0.2) is 30.5 Å². The Morgan fingerprint density at radius 2 is 2.09 bits per heavy atom. The third-order valence-electron chi connectivity index (χ3n) is 1.57. The molecule has 0 heterocycles. The SMILES string of the molecule is C=C=CC=CCCCCCC. The van der Waals surface area contributed by atoms with Crippen LogP contribution in [0.1, 0.15) is 39.0 Å². The molecule has 0 aromatic carbocycles. The van der Waals surface area contributed by atoms with Gasteiger partial charge in [0.2, 0.25) is 0 Å². The van der Waals surface area contributed by atoms with E-state index >= 15 is 0 Å². The summed E-state index contributed by atoms with van der Waals surface area (Å²) in [5.41, 5.74) is 2.71. The molecule has 0 unspecified atom stereocenters. The van der Waals surface area contributed by atoms with Crippen molar-refractivity contribution in [2.45, 2.75) is 39.0 Å². The Bertz CT molecular complexity index is 136. The molecule has 0 aromatic rings. The Balaban J connectivity index is 3.07. The first kappa shape index (κ1) is 10.3. The molecule has 0 saturated carbocycles. The van der Waals surface area contributed by atoms with E-state index in [1.165, 1.54) is 32.1 Å². The van der Waals surface area contributed by atoms with Crippen molar-refractivity contribution < 1.29 is 0 Å². The van der Waals surface area contributed by atoms with E-state index in [1.807, 2.05) is 12.2 Å². The van der Waals surface area contributed by atoms with Crippen LogP contribution in [0.5, 0.6) is 0 Å². The van der Waals surface area contributed by atoms with Crippen LogP contribution in [0.3, 0.4) is 0 Å². The van der Waals surface area contributed by atoms with Crippen LogP contribution in [0.2, 0.25) is 0 Å². The second kappa shape index (κ2) is 9.26. The molecule has 11 heavy (non-hydrogen) atoms. The third-order valence-corrected chi connectivity index (χ3v) is 1.57. The zero-order valence-electron chi connectivity index (χ0n) is 7.47. The lowest BCUT2D eigenvalue weighted by atomic mass is 10.1. The van der Waals surface area contributed by atoms with Crippen LogP contribution < -0.4 is 0 Å². The Hall–Kier alpha value is -0.740. The smallest absolute Gasteiger partial charge is 0.0209 e. The highest BCUT2D eigenvalue weighted by atomic mass is 13.9. The monoisotopic (exact) mass is 150 g/mol. The molecule has 0 radical (unpaired) electrons. The van der Waals surface area contributed by atoms with Crippen LogP contribution in [-0.4, -0.2) is 0 Å². The van der Waals surface area contributed by atoms with Crippen molar-refractivity contribution in [2.75, 3.05) is 0 Å². The molecule has 62 valence electrons. The fraction of sp³-hybridized carbons (Fsp3) is 0.545. The summed E-state index contributed by atoms with van der Waals surface area (Å²) in [4.78, 5) is 0. The predicted molar refractivity (Wildman–Crippen MR) is 51.6 cm³/mol. The first-order valence-electron chi connectivity index (χ1n) is 4.42. The molecule has 0 spiro atoms. The van der Waals surface area contributed by atoms with E-state index in [0.29, 0.717) is 0 Å². The van der Waals surface area contributed by atoms with Gasteiger partial charge in [-0.25, -0.2) is 0 Å². The Labute approximate surface area is 70.3 Å². The molecule has 0 aliphatic carbocycles. The average Bonchev–Trinajstić information content (AvgIpc) is 2.03. The highest BCUT2D eigenvalue weighted by Crippen LogP contribution is 2.02. The van der Waals surface area contributed by atoms with Crippen LogP contribution in [0.4, 0.5) is 0 Å². The van der Waals surface area contributed by atoms with E-state index in [9.17, 15) is 0 Å². The van der Waals surface area contributed by atoms with Crippen molar-refractivity contribution in [2.24, 2.45) is 0 Å². The molecule has 0 saturated heterocycles. The predicted octanol–water partition coefficient (Wildman–Crippen LogP) is 3.85. The van der Waals surface area contributed by atoms with Crippen LogP contribution in [-0.2, 0) is 0 Å². The molecule has 0 N–H and O–H groups in total. The lowest BCUT2D eigenvalue weighted by Crippen LogP contribution is -1.72. The fourth-order valence-corrected chi connectivity index (χ4v) is 0.921. The summed E-state index contributed by atoms with van der Waals surface area (Å²) in [5, 5.41) is 0. The zero-order valence-corrected chi connectivity index (χ0v) is 7.47. The highest BCUT2D eigenvalue weighted by Gasteiger charge is 1.82. The first-order chi connectivity index (χ1) is 5.41. The largest absolute Gasteiger partial charge is 0.129 e. The summed E-state index contributed by atoms with van der Waals surface area (Å²) in [5.74, 6) is 0. The lowest BCUT2D eigenvalue weighted by molar-refractivity contribution is 0.674. The quantitative estimate of drug-likeness (QED) is 0.306. The van der Waals surface area contributed by atoms with E-state index in [0.717, 1.165) is 0 Å². The van der Waals surface area contributed by atoms with Gasteiger partial charge in [0.25, 0.3) is 0 Å². The number of unbranched alkanes of at least 4 members (excludes halogenated alkanes) is 4. The molecule has 0 heteroatoms. The van der Waals surface area contributed by atoms with Gasteiger partial charge in [-0.1, -0.05) is 44.9 Å². The Morgan fingerprint density at radius 1 is 1.27 bits per heavy atom. The highest BCUT2D eigenvalue weighted by molar-refractivity contribution is 4.99. The summed E-state index contributed by atoms with van der Waals surface area (Å²) in [6.07, 6.45) is 12.6. The number of rotatable bonds is 6. The van der Waals surface area contributed by atoms with Crippen molar-refractivity contribution >= 4 is 0 Å². The van der Waals surface area contributed by atoms with Gasteiger partial charge in [0.05, 0.1) is 0 Å². The topological polar surface area (TPSA) is 0 Å². The van der Waals surface area contributed by atoms with Gasteiger partial charge in [-0.05, 0) is 18.9 Å².